The van der Waals surface area contributed by atoms with Crippen molar-refractivity contribution in [2.24, 2.45) is 11.5 Å². The monoisotopic (exact) mass is 243 g/mol. The van der Waals surface area contributed by atoms with E-state index < -0.39 is 11.0 Å². The Morgan fingerprint density at radius 1 is 1.50 bits per heavy atom. The van der Waals surface area contributed by atoms with Gasteiger partial charge in [-0.15, -0.1) is 0 Å². The van der Waals surface area contributed by atoms with Gasteiger partial charge in [0.05, 0.1) is 4.92 Å². The number of hydrogen-bond donors (Lipinski definition) is 2. The Labute approximate surface area is 98.5 Å². The zero-order valence-corrected chi connectivity index (χ0v) is 9.48. The van der Waals surface area contributed by atoms with Crippen molar-refractivity contribution in [3.63, 3.8) is 0 Å². The second kappa shape index (κ2) is 5.79. The molecule has 0 fully saturated rings. The molecular weight excluding hydrogens is 230 g/mol. The Kier molecular flexibility index (Phi) is 4.67. The minimum Gasteiger partial charge on any atom is -0.330 e. The van der Waals surface area contributed by atoms with Crippen molar-refractivity contribution in [1.29, 1.82) is 0 Å². The third kappa shape index (κ3) is 3.16. The maximum atomic E-state index is 10.8. The van der Waals surface area contributed by atoms with E-state index in [0.717, 1.165) is 6.42 Å². The first-order valence-corrected chi connectivity index (χ1v) is 5.33. The standard InChI is InChI=1S/C10H14ClN3O2/c11-7-3-4-10(14(15)16)8(6-7)9(13)2-1-5-12/h3-4,6,9H,1-2,5,12-13H2/t9-/m1/s1. The number of benzene rings is 1. The zero-order chi connectivity index (χ0) is 12.1. The normalized spacial score (nSPS) is 12.4. The van der Waals surface area contributed by atoms with Crippen LogP contribution in [0.4, 0.5) is 5.69 Å². The average molecular weight is 244 g/mol. The van der Waals surface area contributed by atoms with Crippen LogP contribution in [0.25, 0.3) is 0 Å². The lowest BCUT2D eigenvalue weighted by Gasteiger charge is -2.11. The molecule has 1 aromatic carbocycles. The molecule has 6 heteroatoms. The van der Waals surface area contributed by atoms with Crippen molar-refractivity contribution in [2.75, 3.05) is 6.54 Å². The van der Waals surface area contributed by atoms with Crippen LogP contribution in [-0.4, -0.2) is 11.5 Å². The van der Waals surface area contributed by atoms with E-state index in [2.05, 4.69) is 0 Å². The topological polar surface area (TPSA) is 95.2 Å². The van der Waals surface area contributed by atoms with E-state index in [-0.39, 0.29) is 5.69 Å². The fourth-order valence-corrected chi connectivity index (χ4v) is 1.66. The molecule has 4 N–H and O–H groups in total. The largest absolute Gasteiger partial charge is 0.330 e. The van der Waals surface area contributed by atoms with Gasteiger partial charge in [-0.3, -0.25) is 10.1 Å². The van der Waals surface area contributed by atoms with E-state index in [9.17, 15) is 10.1 Å². The zero-order valence-electron chi connectivity index (χ0n) is 8.73. The van der Waals surface area contributed by atoms with E-state index in [0.29, 0.717) is 23.6 Å². The molecular formula is C10H14ClN3O2. The third-order valence-electron chi connectivity index (χ3n) is 2.30. The van der Waals surface area contributed by atoms with Crippen molar-refractivity contribution < 1.29 is 4.92 Å². The highest BCUT2D eigenvalue weighted by atomic mass is 35.5. The molecule has 5 nitrogen and oxygen atoms in total. The molecule has 0 aromatic heterocycles. The van der Waals surface area contributed by atoms with Crippen LogP contribution in [0.5, 0.6) is 0 Å². The Morgan fingerprint density at radius 3 is 2.75 bits per heavy atom. The number of halogens is 1. The summed E-state index contributed by atoms with van der Waals surface area (Å²) in [5.41, 5.74) is 11.7. The van der Waals surface area contributed by atoms with Crippen molar-refractivity contribution in [3.05, 3.63) is 38.9 Å². The lowest BCUT2D eigenvalue weighted by molar-refractivity contribution is -0.385. The molecule has 1 rings (SSSR count). The summed E-state index contributed by atoms with van der Waals surface area (Å²) in [6.45, 7) is 0.516. The number of rotatable bonds is 5. The summed E-state index contributed by atoms with van der Waals surface area (Å²) < 4.78 is 0. The SMILES string of the molecule is NCCC[C@@H](N)c1cc(Cl)ccc1[N+](=O)[O-]. The number of nitro groups is 1. The fraction of sp³-hybridized carbons (Fsp3) is 0.400. The van der Waals surface area contributed by atoms with Crippen LogP contribution >= 0.6 is 11.6 Å². The lowest BCUT2D eigenvalue weighted by atomic mass is 10.0. The second-order valence-corrected chi connectivity index (χ2v) is 3.93. The molecule has 0 radical (unpaired) electrons. The summed E-state index contributed by atoms with van der Waals surface area (Å²) in [5, 5.41) is 11.2. The molecule has 0 aliphatic rings. The predicted molar refractivity (Wildman–Crippen MR) is 63.3 cm³/mol. The number of nitrogens with two attached hydrogens (primary N) is 2. The molecule has 16 heavy (non-hydrogen) atoms. The predicted octanol–water partition coefficient (Wildman–Crippen LogP) is 1.99. The molecule has 0 saturated heterocycles. The van der Waals surface area contributed by atoms with Crippen LogP contribution in [0.15, 0.2) is 18.2 Å². The Morgan fingerprint density at radius 2 is 2.19 bits per heavy atom. The first kappa shape index (κ1) is 12.9. The van der Waals surface area contributed by atoms with E-state index in [1.54, 1.807) is 6.07 Å². The van der Waals surface area contributed by atoms with E-state index >= 15 is 0 Å². The highest BCUT2D eigenvalue weighted by Crippen LogP contribution is 2.29. The fourth-order valence-electron chi connectivity index (χ4n) is 1.48. The summed E-state index contributed by atoms with van der Waals surface area (Å²) in [5.74, 6) is 0. The van der Waals surface area contributed by atoms with E-state index in [1.165, 1.54) is 12.1 Å². The molecule has 0 bridgehead atoms. The molecule has 0 heterocycles. The quantitative estimate of drug-likeness (QED) is 0.611. The van der Waals surface area contributed by atoms with Crippen LogP contribution < -0.4 is 11.5 Å². The van der Waals surface area contributed by atoms with Crippen LogP contribution in [0.1, 0.15) is 24.4 Å². The van der Waals surface area contributed by atoms with Gasteiger partial charge in [-0.25, -0.2) is 0 Å². The molecule has 1 aromatic rings. The average Bonchev–Trinajstić information content (AvgIpc) is 2.25. The van der Waals surface area contributed by atoms with Gasteiger partial charge < -0.3 is 11.5 Å². The van der Waals surface area contributed by atoms with Gasteiger partial charge >= 0.3 is 0 Å². The lowest BCUT2D eigenvalue weighted by Crippen LogP contribution is -2.14. The summed E-state index contributed by atoms with van der Waals surface area (Å²) in [4.78, 5) is 10.3. The minimum atomic E-state index is -0.450. The summed E-state index contributed by atoms with van der Waals surface area (Å²) in [7, 11) is 0. The van der Waals surface area contributed by atoms with Crippen LogP contribution in [0, 0.1) is 10.1 Å². The van der Waals surface area contributed by atoms with Crippen molar-refractivity contribution >= 4 is 17.3 Å². The molecule has 0 aliphatic carbocycles. The Hall–Kier alpha value is -1.17. The van der Waals surface area contributed by atoms with Gasteiger partial charge in [0.1, 0.15) is 0 Å². The van der Waals surface area contributed by atoms with Gasteiger partial charge in [-0.1, -0.05) is 11.6 Å². The van der Waals surface area contributed by atoms with Crippen molar-refractivity contribution in [2.45, 2.75) is 18.9 Å². The molecule has 0 amide bonds. The molecule has 0 saturated carbocycles. The van der Waals surface area contributed by atoms with Crippen molar-refractivity contribution in [3.8, 4) is 0 Å². The van der Waals surface area contributed by atoms with Gasteiger partial charge in [-0.05, 0) is 31.5 Å². The molecule has 88 valence electrons. The first-order chi connectivity index (χ1) is 7.56. The highest BCUT2D eigenvalue weighted by molar-refractivity contribution is 6.30. The van der Waals surface area contributed by atoms with Crippen LogP contribution in [-0.2, 0) is 0 Å². The maximum absolute atomic E-state index is 10.8. The summed E-state index contributed by atoms with van der Waals surface area (Å²) in [6, 6.07) is 4.00. The van der Waals surface area contributed by atoms with Gasteiger partial charge in [0.25, 0.3) is 5.69 Å². The van der Waals surface area contributed by atoms with Crippen LogP contribution in [0.2, 0.25) is 5.02 Å². The second-order valence-electron chi connectivity index (χ2n) is 3.50. The smallest absolute Gasteiger partial charge is 0.274 e. The van der Waals surface area contributed by atoms with Gasteiger partial charge in [0, 0.05) is 22.7 Å². The van der Waals surface area contributed by atoms with E-state index in [4.69, 9.17) is 23.1 Å². The van der Waals surface area contributed by atoms with Gasteiger partial charge in [0.15, 0.2) is 0 Å². The highest BCUT2D eigenvalue weighted by Gasteiger charge is 2.19. The molecule has 1 atom stereocenters. The number of hydrogen-bond acceptors (Lipinski definition) is 4. The summed E-state index contributed by atoms with van der Waals surface area (Å²) in [6.07, 6.45) is 1.34. The van der Waals surface area contributed by atoms with Crippen LogP contribution in [0.3, 0.4) is 0 Å². The number of nitrogens with zero attached hydrogens (tertiary/aromatic N) is 1. The Bertz CT molecular complexity index is 384. The first-order valence-electron chi connectivity index (χ1n) is 4.95. The molecule has 0 spiro atoms. The van der Waals surface area contributed by atoms with E-state index in [1.807, 2.05) is 0 Å². The minimum absolute atomic E-state index is 0.00826. The van der Waals surface area contributed by atoms with Gasteiger partial charge in [-0.2, -0.15) is 0 Å². The maximum Gasteiger partial charge on any atom is 0.274 e. The third-order valence-corrected chi connectivity index (χ3v) is 2.54. The van der Waals surface area contributed by atoms with Gasteiger partial charge in [0.2, 0.25) is 0 Å². The summed E-state index contributed by atoms with van der Waals surface area (Å²) >= 11 is 5.80. The Balaban J connectivity index is 2.99. The van der Waals surface area contributed by atoms with Crippen molar-refractivity contribution in [1.82, 2.24) is 0 Å². The number of nitro benzene ring substituents is 1. The molecule has 0 unspecified atom stereocenters. The molecule has 0 aliphatic heterocycles.